The van der Waals surface area contributed by atoms with Crippen LogP contribution in [0.3, 0.4) is 0 Å². The lowest BCUT2D eigenvalue weighted by Gasteiger charge is -2.32. The number of hydrogen-bond acceptors (Lipinski definition) is 3. The zero-order valence-corrected chi connectivity index (χ0v) is 14.2. The molecule has 1 amide bonds. The smallest absolute Gasteiger partial charge is 0.236 e. The minimum Gasteiger partial charge on any atom is -0.383 e. The minimum atomic E-state index is 0. The monoisotopic (exact) mass is 314 g/mol. The van der Waals surface area contributed by atoms with Gasteiger partial charge in [0.25, 0.3) is 0 Å². The van der Waals surface area contributed by atoms with Crippen molar-refractivity contribution in [1.82, 2.24) is 10.2 Å². The van der Waals surface area contributed by atoms with Crippen molar-refractivity contribution in [3.8, 4) is 0 Å². The summed E-state index contributed by atoms with van der Waals surface area (Å²) in [6, 6.07) is 10.3. The normalized spacial score (nSPS) is 11.9. The number of methoxy groups -OCH3 is 1. The van der Waals surface area contributed by atoms with E-state index in [0.29, 0.717) is 25.6 Å². The zero-order valence-electron chi connectivity index (χ0n) is 13.3. The number of ether oxygens (including phenoxy) is 1. The summed E-state index contributed by atoms with van der Waals surface area (Å²) in [6.07, 6.45) is 0. The molecular weight excluding hydrogens is 288 g/mol. The number of nitrogens with zero attached hydrogens (tertiary/aromatic N) is 1. The first kappa shape index (κ1) is 19.9. The van der Waals surface area contributed by atoms with Gasteiger partial charge in [-0.1, -0.05) is 44.2 Å². The standard InChI is InChI=1S/C16H26N2O2.ClH/c1-13(2)16(14-8-6-5-7-9-14)18(3)15(19)12-17-10-11-20-4;/h5-9,13,16-17H,10-12H2,1-4H3;1H. The molecule has 1 aromatic carbocycles. The van der Waals surface area contributed by atoms with Crippen LogP contribution in [0, 0.1) is 5.92 Å². The Labute approximate surface area is 134 Å². The summed E-state index contributed by atoms with van der Waals surface area (Å²) in [7, 11) is 3.53. The molecule has 0 fully saturated rings. The first-order chi connectivity index (χ1) is 9.57. The number of rotatable bonds is 8. The number of carbonyl (C=O) groups is 1. The molecule has 1 aromatic rings. The largest absolute Gasteiger partial charge is 0.383 e. The van der Waals surface area contributed by atoms with Crippen molar-refractivity contribution in [2.45, 2.75) is 19.9 Å². The number of amides is 1. The van der Waals surface area contributed by atoms with E-state index in [1.54, 1.807) is 7.11 Å². The lowest BCUT2D eigenvalue weighted by atomic mass is 9.94. The van der Waals surface area contributed by atoms with Crippen molar-refractivity contribution in [1.29, 1.82) is 0 Å². The fraction of sp³-hybridized carbons (Fsp3) is 0.562. The van der Waals surface area contributed by atoms with Gasteiger partial charge in [0, 0.05) is 20.7 Å². The van der Waals surface area contributed by atoms with Gasteiger partial charge in [-0.3, -0.25) is 4.79 Å². The van der Waals surface area contributed by atoms with Crippen molar-refractivity contribution >= 4 is 18.3 Å². The average Bonchev–Trinajstić information content (AvgIpc) is 2.44. The molecule has 1 atom stereocenters. The Morgan fingerprint density at radius 1 is 1.29 bits per heavy atom. The maximum absolute atomic E-state index is 12.2. The Balaban J connectivity index is 0.00000400. The lowest BCUT2D eigenvalue weighted by Crippen LogP contribution is -2.40. The molecule has 0 aliphatic carbocycles. The number of likely N-dealkylation sites (N-methyl/N-ethyl adjacent to an activating group) is 1. The van der Waals surface area contributed by atoms with Gasteiger partial charge in [0.1, 0.15) is 0 Å². The molecule has 0 spiro atoms. The number of benzene rings is 1. The highest BCUT2D eigenvalue weighted by Gasteiger charge is 2.24. The quantitative estimate of drug-likeness (QED) is 0.750. The summed E-state index contributed by atoms with van der Waals surface area (Å²) in [5.74, 6) is 0.467. The maximum Gasteiger partial charge on any atom is 0.236 e. The summed E-state index contributed by atoms with van der Waals surface area (Å²) in [5, 5.41) is 3.10. The molecule has 0 aromatic heterocycles. The van der Waals surface area contributed by atoms with E-state index in [2.05, 4.69) is 31.3 Å². The lowest BCUT2D eigenvalue weighted by molar-refractivity contribution is -0.132. The molecule has 1 rings (SSSR count). The third kappa shape index (κ3) is 6.46. The van der Waals surface area contributed by atoms with Crippen molar-refractivity contribution in [2.24, 2.45) is 5.92 Å². The molecule has 0 aliphatic rings. The highest BCUT2D eigenvalue weighted by atomic mass is 35.5. The first-order valence-electron chi connectivity index (χ1n) is 7.08. The van der Waals surface area contributed by atoms with E-state index in [1.807, 2.05) is 30.1 Å². The Kier molecular flexibility index (Phi) is 10.0. The zero-order chi connectivity index (χ0) is 15.0. The highest BCUT2D eigenvalue weighted by molar-refractivity contribution is 5.85. The van der Waals surface area contributed by atoms with Gasteiger partial charge in [0.2, 0.25) is 5.91 Å². The van der Waals surface area contributed by atoms with E-state index >= 15 is 0 Å². The van der Waals surface area contributed by atoms with E-state index in [1.165, 1.54) is 5.56 Å². The molecule has 0 aliphatic heterocycles. The van der Waals surface area contributed by atoms with Gasteiger partial charge < -0.3 is 15.0 Å². The van der Waals surface area contributed by atoms with Crippen LogP contribution in [0.1, 0.15) is 25.5 Å². The molecule has 120 valence electrons. The fourth-order valence-electron chi connectivity index (χ4n) is 2.36. The molecular formula is C16H27ClN2O2. The van der Waals surface area contributed by atoms with Gasteiger partial charge in [-0.25, -0.2) is 0 Å². The number of halogens is 1. The molecule has 0 bridgehead atoms. The molecule has 21 heavy (non-hydrogen) atoms. The molecule has 0 saturated carbocycles. The van der Waals surface area contributed by atoms with Gasteiger partial charge in [-0.05, 0) is 11.5 Å². The second-order valence-electron chi connectivity index (χ2n) is 5.27. The summed E-state index contributed by atoms with van der Waals surface area (Å²) in [4.78, 5) is 14.1. The van der Waals surface area contributed by atoms with Gasteiger partial charge in [-0.2, -0.15) is 0 Å². The third-order valence-electron chi connectivity index (χ3n) is 3.34. The summed E-state index contributed by atoms with van der Waals surface area (Å²) in [5.41, 5.74) is 1.18. The van der Waals surface area contributed by atoms with E-state index in [0.717, 1.165) is 0 Å². The molecule has 0 heterocycles. The Morgan fingerprint density at radius 3 is 2.43 bits per heavy atom. The van der Waals surface area contributed by atoms with Crippen molar-refractivity contribution < 1.29 is 9.53 Å². The number of nitrogens with one attached hydrogen (secondary N) is 1. The molecule has 1 unspecified atom stereocenters. The Hall–Kier alpha value is -1.10. The van der Waals surface area contributed by atoms with Crippen molar-refractivity contribution in [3.63, 3.8) is 0 Å². The third-order valence-corrected chi connectivity index (χ3v) is 3.34. The molecule has 0 saturated heterocycles. The summed E-state index contributed by atoms with van der Waals surface area (Å²) in [6.45, 7) is 5.92. The van der Waals surface area contributed by atoms with Crippen LogP contribution in [0.15, 0.2) is 30.3 Å². The van der Waals surface area contributed by atoms with Crippen LogP contribution >= 0.6 is 12.4 Å². The average molecular weight is 315 g/mol. The van der Waals surface area contributed by atoms with E-state index < -0.39 is 0 Å². The molecule has 0 radical (unpaired) electrons. The van der Waals surface area contributed by atoms with Gasteiger partial charge in [0.15, 0.2) is 0 Å². The van der Waals surface area contributed by atoms with Crippen LogP contribution in [0.5, 0.6) is 0 Å². The van der Waals surface area contributed by atoms with Crippen LogP contribution in [0.25, 0.3) is 0 Å². The van der Waals surface area contributed by atoms with Crippen LogP contribution < -0.4 is 5.32 Å². The van der Waals surface area contributed by atoms with Crippen LogP contribution in [0.2, 0.25) is 0 Å². The maximum atomic E-state index is 12.2. The molecule has 1 N–H and O–H groups in total. The minimum absolute atomic E-state index is 0. The summed E-state index contributed by atoms with van der Waals surface area (Å²) < 4.78 is 4.95. The Bertz CT molecular complexity index is 399. The number of carbonyl (C=O) groups excluding carboxylic acids is 1. The predicted molar refractivity (Wildman–Crippen MR) is 88.8 cm³/mol. The Morgan fingerprint density at radius 2 is 1.90 bits per heavy atom. The van der Waals surface area contributed by atoms with Gasteiger partial charge in [0.05, 0.1) is 19.2 Å². The first-order valence-corrected chi connectivity index (χ1v) is 7.08. The van der Waals surface area contributed by atoms with E-state index in [4.69, 9.17) is 4.74 Å². The topological polar surface area (TPSA) is 41.6 Å². The fourth-order valence-corrected chi connectivity index (χ4v) is 2.36. The second-order valence-corrected chi connectivity index (χ2v) is 5.27. The van der Waals surface area contributed by atoms with Crippen molar-refractivity contribution in [2.75, 3.05) is 33.9 Å². The second kappa shape index (κ2) is 10.6. The van der Waals surface area contributed by atoms with Crippen LogP contribution in [-0.2, 0) is 9.53 Å². The van der Waals surface area contributed by atoms with Gasteiger partial charge in [-0.15, -0.1) is 12.4 Å². The predicted octanol–water partition coefficient (Wildman–Crippen LogP) is 2.50. The highest BCUT2D eigenvalue weighted by Crippen LogP contribution is 2.27. The SMILES string of the molecule is COCCNCC(=O)N(C)C(c1ccccc1)C(C)C.Cl. The van der Waals surface area contributed by atoms with E-state index in [-0.39, 0.29) is 24.4 Å². The van der Waals surface area contributed by atoms with E-state index in [9.17, 15) is 4.79 Å². The van der Waals surface area contributed by atoms with Crippen molar-refractivity contribution in [3.05, 3.63) is 35.9 Å². The summed E-state index contributed by atoms with van der Waals surface area (Å²) >= 11 is 0. The molecule has 5 heteroatoms. The van der Waals surface area contributed by atoms with Gasteiger partial charge >= 0.3 is 0 Å². The van der Waals surface area contributed by atoms with Crippen LogP contribution in [0.4, 0.5) is 0 Å². The molecule has 4 nitrogen and oxygen atoms in total. The van der Waals surface area contributed by atoms with Crippen LogP contribution in [-0.4, -0.2) is 44.7 Å². The number of hydrogen-bond donors (Lipinski definition) is 1.